The lowest BCUT2D eigenvalue weighted by Crippen LogP contribution is -1.94. The Hall–Kier alpha value is -0.440. The summed E-state index contributed by atoms with van der Waals surface area (Å²) in [5, 5.41) is 0.869. The van der Waals surface area contributed by atoms with Crippen LogP contribution < -0.4 is 0 Å². The largest absolute Gasteiger partial charge is 0.276 e. The van der Waals surface area contributed by atoms with E-state index in [4.69, 9.17) is 58.0 Å². The second-order valence-corrected chi connectivity index (χ2v) is 5.71. The van der Waals surface area contributed by atoms with E-state index >= 15 is 0 Å². The first kappa shape index (κ1) is 15.0. The van der Waals surface area contributed by atoms with Crippen LogP contribution in [0.1, 0.15) is 10.4 Å². The molecule has 0 radical (unpaired) electrons. The molecule has 1 nitrogen and oxygen atoms in total. The fourth-order valence-electron chi connectivity index (χ4n) is 1.64. The zero-order valence-electron chi connectivity index (χ0n) is 9.18. The van der Waals surface area contributed by atoms with Gasteiger partial charge >= 0.3 is 0 Å². The Morgan fingerprint density at radius 3 is 2.05 bits per heavy atom. The molecule has 6 heteroatoms. The van der Waals surface area contributed by atoms with Crippen molar-refractivity contribution in [2.24, 2.45) is 0 Å². The minimum Gasteiger partial charge on any atom is -0.276 e. The van der Waals surface area contributed by atoms with Crippen molar-refractivity contribution < 1.29 is 4.79 Å². The molecule has 0 aliphatic rings. The Balaban J connectivity index is 2.74. The predicted octanol–water partition coefficient (Wildman–Crippen LogP) is 6.35. The van der Waals surface area contributed by atoms with Crippen molar-refractivity contribution in [3.63, 3.8) is 0 Å². The van der Waals surface area contributed by atoms with Crippen LogP contribution >= 0.6 is 58.0 Å². The average Bonchev–Trinajstić information content (AvgIpc) is 2.33. The lowest BCUT2D eigenvalue weighted by Gasteiger charge is -2.10. The summed E-state index contributed by atoms with van der Waals surface area (Å²) >= 11 is 29.5. The van der Waals surface area contributed by atoms with E-state index in [0.29, 0.717) is 36.8 Å². The normalized spacial score (nSPS) is 10.6. The summed E-state index contributed by atoms with van der Waals surface area (Å²) in [5.74, 6) is 0. The van der Waals surface area contributed by atoms with Crippen molar-refractivity contribution in [2.45, 2.75) is 0 Å². The Labute approximate surface area is 135 Å². The maximum atomic E-state index is 11.4. The van der Waals surface area contributed by atoms with E-state index in [9.17, 15) is 4.79 Å². The molecule has 0 aliphatic carbocycles. The average molecular weight is 354 g/mol. The smallest absolute Gasteiger partial charge is 0.253 e. The van der Waals surface area contributed by atoms with Gasteiger partial charge in [-0.3, -0.25) is 4.79 Å². The molecule has 0 heterocycles. The number of hydrogen-bond donors (Lipinski definition) is 0. The summed E-state index contributed by atoms with van der Waals surface area (Å²) in [6.45, 7) is 0. The van der Waals surface area contributed by atoms with E-state index in [2.05, 4.69) is 0 Å². The molecule has 0 fully saturated rings. The third kappa shape index (κ3) is 3.18. The third-order valence-corrected chi connectivity index (χ3v) is 3.97. The highest BCUT2D eigenvalue weighted by atomic mass is 35.5. The van der Waals surface area contributed by atoms with Gasteiger partial charge in [0.15, 0.2) is 0 Å². The summed E-state index contributed by atoms with van der Waals surface area (Å²) in [6, 6.07) is 7.78. The van der Waals surface area contributed by atoms with Crippen LogP contribution in [0.15, 0.2) is 30.3 Å². The van der Waals surface area contributed by atoms with Crippen molar-refractivity contribution in [1.29, 1.82) is 0 Å². The van der Waals surface area contributed by atoms with Crippen LogP contribution in [0.2, 0.25) is 20.1 Å². The van der Waals surface area contributed by atoms with Gasteiger partial charge < -0.3 is 0 Å². The molecular formula is C13H5Cl5O. The van der Waals surface area contributed by atoms with E-state index in [0.717, 1.165) is 0 Å². The number of rotatable bonds is 2. The lowest BCUT2D eigenvalue weighted by molar-refractivity contribution is 0.108. The number of carbonyl (C=O) groups excluding carboxylic acids is 1. The zero-order chi connectivity index (χ0) is 14.2. The molecule has 0 N–H and O–H groups in total. The molecule has 2 aromatic carbocycles. The number of carbonyl (C=O) groups is 1. The molecule has 0 bridgehead atoms. The summed E-state index contributed by atoms with van der Waals surface area (Å²) in [4.78, 5) is 11.4. The summed E-state index contributed by atoms with van der Waals surface area (Å²) in [5.41, 5.74) is 1.35. The van der Waals surface area contributed by atoms with Crippen LogP contribution in [0.5, 0.6) is 0 Å². The molecule has 0 saturated heterocycles. The first-order chi connectivity index (χ1) is 8.90. The van der Waals surface area contributed by atoms with Gasteiger partial charge in [-0.1, -0.05) is 46.4 Å². The SMILES string of the molecule is O=C(Cl)c1ccc(Cl)cc1-c1cc(Cl)c(Cl)cc1Cl. The predicted molar refractivity (Wildman–Crippen MR) is 82.1 cm³/mol. The minimum absolute atomic E-state index is 0.298. The van der Waals surface area contributed by atoms with Gasteiger partial charge in [0.25, 0.3) is 5.24 Å². The topological polar surface area (TPSA) is 17.1 Å². The molecule has 0 atom stereocenters. The summed E-state index contributed by atoms with van der Waals surface area (Å²) < 4.78 is 0. The van der Waals surface area contributed by atoms with E-state index in [1.54, 1.807) is 18.2 Å². The van der Waals surface area contributed by atoms with Gasteiger partial charge in [-0.15, -0.1) is 0 Å². The molecule has 19 heavy (non-hydrogen) atoms. The molecule has 2 aromatic rings. The second-order valence-electron chi connectivity index (χ2n) is 3.71. The van der Waals surface area contributed by atoms with Crippen molar-refractivity contribution in [3.05, 3.63) is 56.0 Å². The fourth-order valence-corrected chi connectivity index (χ4v) is 2.63. The fraction of sp³-hybridized carbons (Fsp3) is 0. The quantitative estimate of drug-likeness (QED) is 0.454. The van der Waals surface area contributed by atoms with Gasteiger partial charge in [0.2, 0.25) is 0 Å². The van der Waals surface area contributed by atoms with Gasteiger partial charge in [-0.2, -0.15) is 0 Å². The number of benzene rings is 2. The maximum absolute atomic E-state index is 11.4. The van der Waals surface area contributed by atoms with E-state index in [1.165, 1.54) is 12.1 Å². The summed E-state index contributed by atoms with van der Waals surface area (Å²) in [7, 11) is 0. The lowest BCUT2D eigenvalue weighted by atomic mass is 10.0. The molecule has 0 spiro atoms. The first-order valence-corrected chi connectivity index (χ1v) is 6.93. The number of hydrogen-bond acceptors (Lipinski definition) is 1. The Morgan fingerprint density at radius 2 is 1.42 bits per heavy atom. The molecule has 0 saturated carbocycles. The van der Waals surface area contributed by atoms with Crippen molar-refractivity contribution in [1.82, 2.24) is 0 Å². The van der Waals surface area contributed by atoms with Gasteiger partial charge in [-0.05, 0) is 47.5 Å². The van der Waals surface area contributed by atoms with Crippen molar-refractivity contribution in [2.75, 3.05) is 0 Å². The number of halogens is 5. The molecule has 2 rings (SSSR count). The van der Waals surface area contributed by atoms with Crippen LogP contribution in [0, 0.1) is 0 Å². The highest BCUT2D eigenvalue weighted by molar-refractivity contribution is 6.68. The van der Waals surface area contributed by atoms with Crippen LogP contribution in [0.25, 0.3) is 11.1 Å². The highest BCUT2D eigenvalue weighted by Gasteiger charge is 2.15. The minimum atomic E-state index is -0.603. The van der Waals surface area contributed by atoms with Crippen LogP contribution in [0.3, 0.4) is 0 Å². The van der Waals surface area contributed by atoms with E-state index < -0.39 is 5.24 Å². The van der Waals surface area contributed by atoms with E-state index in [1.807, 2.05) is 0 Å². The molecule has 0 aromatic heterocycles. The molecule has 0 aliphatic heterocycles. The molecular weight excluding hydrogens is 349 g/mol. The first-order valence-electron chi connectivity index (χ1n) is 5.04. The summed E-state index contributed by atoms with van der Waals surface area (Å²) in [6.07, 6.45) is 0. The molecule has 98 valence electrons. The molecule has 0 unspecified atom stereocenters. The monoisotopic (exact) mass is 352 g/mol. The van der Waals surface area contributed by atoms with Gasteiger partial charge in [0.1, 0.15) is 0 Å². The van der Waals surface area contributed by atoms with Gasteiger partial charge in [0, 0.05) is 16.1 Å². The highest BCUT2D eigenvalue weighted by Crippen LogP contribution is 2.38. The van der Waals surface area contributed by atoms with E-state index in [-0.39, 0.29) is 0 Å². The third-order valence-electron chi connectivity index (χ3n) is 2.49. The van der Waals surface area contributed by atoms with Gasteiger partial charge in [-0.25, -0.2) is 0 Å². The second kappa shape index (κ2) is 5.90. The Kier molecular flexibility index (Phi) is 4.65. The van der Waals surface area contributed by atoms with Crippen LogP contribution in [-0.4, -0.2) is 5.24 Å². The molecule has 0 amide bonds. The zero-order valence-corrected chi connectivity index (χ0v) is 13.0. The Bertz CT molecular complexity index is 666. The van der Waals surface area contributed by atoms with Crippen LogP contribution in [0.4, 0.5) is 0 Å². The van der Waals surface area contributed by atoms with Crippen molar-refractivity contribution >= 4 is 63.2 Å². The van der Waals surface area contributed by atoms with Crippen molar-refractivity contribution in [3.8, 4) is 11.1 Å². The standard InChI is InChI=1S/C13H5Cl5O/c14-6-1-2-7(13(18)19)8(3-6)9-4-11(16)12(17)5-10(9)15/h1-5H. The maximum Gasteiger partial charge on any atom is 0.253 e. The van der Waals surface area contributed by atoms with Crippen LogP contribution in [-0.2, 0) is 0 Å². The Morgan fingerprint density at radius 1 is 0.789 bits per heavy atom. The van der Waals surface area contributed by atoms with Gasteiger partial charge in [0.05, 0.1) is 15.1 Å².